The van der Waals surface area contributed by atoms with E-state index in [1.165, 1.54) is 5.39 Å². The summed E-state index contributed by atoms with van der Waals surface area (Å²) in [6.07, 6.45) is 0. The minimum absolute atomic E-state index is 0.257. The number of rotatable bonds is 1. The molecule has 0 saturated heterocycles. The number of hydrogen-bond acceptors (Lipinski definition) is 2. The van der Waals surface area contributed by atoms with Crippen LogP contribution in [-0.4, -0.2) is 11.6 Å². The summed E-state index contributed by atoms with van der Waals surface area (Å²) in [6, 6.07) is 16.2. The molecule has 0 saturated carbocycles. The van der Waals surface area contributed by atoms with Crippen LogP contribution in [0.2, 0.25) is 0 Å². The summed E-state index contributed by atoms with van der Waals surface area (Å²) in [6.45, 7) is 7.67. The molecule has 2 nitrogen and oxygen atoms in total. The van der Waals surface area contributed by atoms with Gasteiger partial charge in [-0.2, -0.15) is 0 Å². The van der Waals surface area contributed by atoms with E-state index in [4.69, 9.17) is 4.74 Å². The molecule has 0 N–H and O–H groups in total. The van der Waals surface area contributed by atoms with Gasteiger partial charge in [0.25, 0.3) is 0 Å². The lowest BCUT2D eigenvalue weighted by atomic mass is 9.92. The van der Waals surface area contributed by atoms with Crippen molar-refractivity contribution in [1.29, 1.82) is 0 Å². The maximum Gasteiger partial charge on any atom is 0.339 e. The molecule has 0 aliphatic carbocycles. The standard InChI is InChI=1S/C20H20O2/c1-13-14-9-5-6-10-15(14)16-11-7-8-12-17(16)18(13)19(21)22-20(2,3)4/h5-12H,1-4H3. The van der Waals surface area contributed by atoms with Crippen LogP contribution in [0.25, 0.3) is 21.5 Å². The van der Waals surface area contributed by atoms with Gasteiger partial charge in [-0.25, -0.2) is 4.79 Å². The Labute approximate surface area is 130 Å². The van der Waals surface area contributed by atoms with Crippen LogP contribution in [0.4, 0.5) is 0 Å². The molecule has 3 aromatic rings. The maximum atomic E-state index is 12.7. The number of aryl methyl sites for hydroxylation is 1. The maximum absolute atomic E-state index is 12.7. The van der Waals surface area contributed by atoms with Gasteiger partial charge in [-0.1, -0.05) is 48.5 Å². The van der Waals surface area contributed by atoms with Crippen LogP contribution >= 0.6 is 0 Å². The Balaban J connectivity index is 2.37. The van der Waals surface area contributed by atoms with Gasteiger partial charge in [0.05, 0.1) is 5.56 Å². The summed E-state index contributed by atoms with van der Waals surface area (Å²) in [5.74, 6) is -0.257. The molecule has 0 spiro atoms. The van der Waals surface area contributed by atoms with Crippen molar-refractivity contribution in [2.24, 2.45) is 0 Å². The average Bonchev–Trinajstić information content (AvgIpc) is 2.46. The smallest absolute Gasteiger partial charge is 0.339 e. The minimum atomic E-state index is -0.504. The van der Waals surface area contributed by atoms with Crippen LogP contribution in [-0.2, 0) is 4.74 Å². The van der Waals surface area contributed by atoms with Crippen LogP contribution in [0.15, 0.2) is 48.5 Å². The summed E-state index contributed by atoms with van der Waals surface area (Å²) >= 11 is 0. The molecular formula is C20H20O2. The van der Waals surface area contributed by atoms with Crippen LogP contribution in [0.5, 0.6) is 0 Å². The van der Waals surface area contributed by atoms with Gasteiger partial charge < -0.3 is 4.74 Å². The zero-order valence-electron chi connectivity index (χ0n) is 13.4. The summed E-state index contributed by atoms with van der Waals surface area (Å²) in [5.41, 5.74) is 1.14. The van der Waals surface area contributed by atoms with Crippen molar-refractivity contribution in [3.8, 4) is 0 Å². The first-order chi connectivity index (χ1) is 10.4. The van der Waals surface area contributed by atoms with Crippen LogP contribution in [0, 0.1) is 6.92 Å². The van der Waals surface area contributed by atoms with Crippen molar-refractivity contribution in [2.75, 3.05) is 0 Å². The van der Waals surface area contributed by atoms with Crippen molar-refractivity contribution in [3.63, 3.8) is 0 Å². The summed E-state index contributed by atoms with van der Waals surface area (Å²) in [7, 11) is 0. The molecule has 0 aromatic heterocycles. The third-order valence-corrected chi connectivity index (χ3v) is 3.80. The van der Waals surface area contributed by atoms with Gasteiger partial charge in [-0.3, -0.25) is 0 Å². The largest absolute Gasteiger partial charge is 0.456 e. The van der Waals surface area contributed by atoms with Gasteiger partial charge in [0.2, 0.25) is 0 Å². The molecule has 2 heteroatoms. The summed E-state index contributed by atoms with van der Waals surface area (Å²) in [5, 5.41) is 4.31. The SMILES string of the molecule is Cc1c(C(=O)OC(C)(C)C)c2ccccc2c2ccccc12. The fourth-order valence-corrected chi connectivity index (χ4v) is 2.91. The molecular weight excluding hydrogens is 272 g/mol. The van der Waals surface area contributed by atoms with Crippen molar-refractivity contribution in [2.45, 2.75) is 33.3 Å². The number of ether oxygens (including phenoxy) is 1. The van der Waals surface area contributed by atoms with Gasteiger partial charge in [-0.05, 0) is 54.8 Å². The number of benzene rings is 3. The number of carbonyl (C=O) groups is 1. The molecule has 0 aliphatic heterocycles. The first kappa shape index (κ1) is 14.6. The molecule has 0 atom stereocenters. The quantitative estimate of drug-likeness (QED) is 0.452. The van der Waals surface area contributed by atoms with E-state index in [1.54, 1.807) is 0 Å². The Bertz CT molecular complexity index is 870. The van der Waals surface area contributed by atoms with E-state index in [1.807, 2.05) is 58.0 Å². The Hall–Kier alpha value is -2.35. The Kier molecular flexibility index (Phi) is 3.40. The lowest BCUT2D eigenvalue weighted by Gasteiger charge is -2.21. The Morgan fingerprint density at radius 3 is 1.82 bits per heavy atom. The second-order valence-electron chi connectivity index (χ2n) is 6.59. The number of esters is 1. The van der Waals surface area contributed by atoms with Crippen LogP contribution in [0.3, 0.4) is 0 Å². The molecule has 0 unspecified atom stereocenters. The molecule has 0 radical (unpaired) electrons. The average molecular weight is 292 g/mol. The lowest BCUT2D eigenvalue weighted by molar-refractivity contribution is 0.00713. The molecule has 3 rings (SSSR count). The first-order valence-electron chi connectivity index (χ1n) is 7.52. The highest BCUT2D eigenvalue weighted by atomic mass is 16.6. The van der Waals surface area contributed by atoms with Crippen molar-refractivity contribution in [3.05, 3.63) is 59.7 Å². The fourth-order valence-electron chi connectivity index (χ4n) is 2.91. The van der Waals surface area contributed by atoms with Gasteiger partial charge >= 0.3 is 5.97 Å². The van der Waals surface area contributed by atoms with E-state index in [0.29, 0.717) is 5.56 Å². The molecule has 3 aromatic carbocycles. The molecule has 0 bridgehead atoms. The van der Waals surface area contributed by atoms with Crippen LogP contribution in [0.1, 0.15) is 36.7 Å². The van der Waals surface area contributed by atoms with E-state index in [2.05, 4.69) is 18.2 Å². The molecule has 0 heterocycles. The zero-order valence-corrected chi connectivity index (χ0v) is 13.4. The second kappa shape index (κ2) is 5.13. The summed E-state index contributed by atoms with van der Waals surface area (Å²) < 4.78 is 5.62. The summed E-state index contributed by atoms with van der Waals surface area (Å²) in [4.78, 5) is 12.7. The van der Waals surface area contributed by atoms with E-state index in [9.17, 15) is 4.79 Å². The fraction of sp³-hybridized carbons (Fsp3) is 0.250. The third-order valence-electron chi connectivity index (χ3n) is 3.80. The van der Waals surface area contributed by atoms with Gasteiger partial charge in [0, 0.05) is 0 Å². The molecule has 0 fully saturated rings. The predicted octanol–water partition coefficient (Wildman–Crippen LogP) is 5.26. The Morgan fingerprint density at radius 2 is 1.27 bits per heavy atom. The van der Waals surface area contributed by atoms with E-state index >= 15 is 0 Å². The first-order valence-corrected chi connectivity index (χ1v) is 7.52. The Morgan fingerprint density at radius 1 is 0.818 bits per heavy atom. The van der Waals surface area contributed by atoms with E-state index in [-0.39, 0.29) is 5.97 Å². The highest BCUT2D eigenvalue weighted by Gasteiger charge is 2.23. The normalized spacial score (nSPS) is 11.8. The second-order valence-corrected chi connectivity index (χ2v) is 6.59. The molecule has 112 valence electrons. The number of hydrogen-bond donors (Lipinski definition) is 0. The van der Waals surface area contributed by atoms with Gasteiger partial charge in [-0.15, -0.1) is 0 Å². The number of fused-ring (bicyclic) bond motifs is 3. The van der Waals surface area contributed by atoms with Crippen molar-refractivity contribution < 1.29 is 9.53 Å². The highest BCUT2D eigenvalue weighted by molar-refractivity contribution is 6.17. The van der Waals surface area contributed by atoms with E-state index in [0.717, 1.165) is 21.7 Å². The molecule has 0 aliphatic rings. The molecule has 22 heavy (non-hydrogen) atoms. The zero-order chi connectivity index (χ0) is 15.9. The highest BCUT2D eigenvalue weighted by Crippen LogP contribution is 2.33. The van der Waals surface area contributed by atoms with Crippen molar-refractivity contribution in [1.82, 2.24) is 0 Å². The van der Waals surface area contributed by atoms with Gasteiger partial charge in [0.15, 0.2) is 0 Å². The lowest BCUT2D eigenvalue weighted by Crippen LogP contribution is -2.24. The topological polar surface area (TPSA) is 26.3 Å². The monoisotopic (exact) mass is 292 g/mol. The molecule has 0 amide bonds. The number of carbonyl (C=O) groups excluding carboxylic acids is 1. The van der Waals surface area contributed by atoms with E-state index < -0.39 is 5.60 Å². The minimum Gasteiger partial charge on any atom is -0.456 e. The van der Waals surface area contributed by atoms with Crippen molar-refractivity contribution >= 4 is 27.5 Å². The van der Waals surface area contributed by atoms with Crippen LogP contribution < -0.4 is 0 Å². The predicted molar refractivity (Wildman–Crippen MR) is 91.4 cm³/mol. The third kappa shape index (κ3) is 2.45. The van der Waals surface area contributed by atoms with Gasteiger partial charge in [0.1, 0.15) is 5.60 Å².